The van der Waals surface area contributed by atoms with E-state index in [9.17, 15) is 4.79 Å². The van der Waals surface area contributed by atoms with Gasteiger partial charge in [-0.3, -0.25) is 4.79 Å². The van der Waals surface area contributed by atoms with Crippen molar-refractivity contribution in [3.05, 3.63) is 77.5 Å². The Balaban J connectivity index is 1.71. The zero-order valence-electron chi connectivity index (χ0n) is 13.0. The predicted octanol–water partition coefficient (Wildman–Crippen LogP) is 3.45. The van der Waals surface area contributed by atoms with E-state index in [1.54, 1.807) is 12.3 Å². The van der Waals surface area contributed by atoms with Crippen LogP contribution in [0.1, 0.15) is 27.4 Å². The number of nitrogens with zero attached hydrogens (tertiary/aromatic N) is 2. The number of nitrogens with one attached hydrogen (secondary N) is 1. The molecule has 2 aromatic heterocycles. The average Bonchev–Trinajstić information content (AvgIpc) is 3.17. The van der Waals surface area contributed by atoms with Crippen molar-refractivity contribution < 1.29 is 9.21 Å². The van der Waals surface area contributed by atoms with Gasteiger partial charge in [0.25, 0.3) is 5.91 Å². The van der Waals surface area contributed by atoms with Crippen molar-refractivity contribution in [1.82, 2.24) is 9.99 Å². The molecule has 0 aliphatic heterocycles. The van der Waals surface area contributed by atoms with Gasteiger partial charge in [0.1, 0.15) is 11.5 Å². The summed E-state index contributed by atoms with van der Waals surface area (Å²) in [4.78, 5) is 12.2. The lowest BCUT2D eigenvalue weighted by Gasteiger charge is -2.05. The van der Waals surface area contributed by atoms with Gasteiger partial charge in [0.2, 0.25) is 0 Å². The maximum absolute atomic E-state index is 12.2. The highest BCUT2D eigenvalue weighted by molar-refractivity contribution is 5.95. The number of hydrazone groups is 1. The molecule has 3 rings (SSSR count). The van der Waals surface area contributed by atoms with Crippen LogP contribution in [-0.4, -0.2) is 16.7 Å². The van der Waals surface area contributed by atoms with E-state index < -0.39 is 0 Å². The summed E-state index contributed by atoms with van der Waals surface area (Å²) in [6, 6.07) is 13.1. The lowest BCUT2D eigenvalue weighted by molar-refractivity contribution is 0.0955. The third kappa shape index (κ3) is 3.40. The first kappa shape index (κ1) is 14.8. The fourth-order valence-electron chi connectivity index (χ4n) is 2.32. The van der Waals surface area contributed by atoms with Crippen molar-refractivity contribution >= 4 is 12.1 Å². The number of hydrogen-bond acceptors (Lipinski definition) is 3. The Hall–Kier alpha value is -3.08. The topological polar surface area (TPSA) is 59.5 Å². The maximum Gasteiger partial charge on any atom is 0.271 e. The molecular weight excluding hydrogens is 290 g/mol. The number of hydrogen-bond donors (Lipinski definition) is 1. The molecule has 0 spiro atoms. The molecule has 5 nitrogen and oxygen atoms in total. The average molecular weight is 307 g/mol. The Morgan fingerprint density at radius 1 is 1.17 bits per heavy atom. The highest BCUT2D eigenvalue weighted by Gasteiger charge is 2.06. The summed E-state index contributed by atoms with van der Waals surface area (Å²) < 4.78 is 7.35. The zero-order chi connectivity index (χ0) is 16.2. The summed E-state index contributed by atoms with van der Waals surface area (Å²) in [7, 11) is 0. The molecule has 116 valence electrons. The van der Waals surface area contributed by atoms with Gasteiger partial charge in [-0.2, -0.15) is 5.10 Å². The minimum Gasteiger partial charge on any atom is -0.466 e. The summed E-state index contributed by atoms with van der Waals surface area (Å²) in [5.41, 5.74) is 4.86. The normalized spacial score (nSPS) is 11.0. The number of benzene rings is 1. The Morgan fingerprint density at radius 2 is 1.96 bits per heavy atom. The van der Waals surface area contributed by atoms with E-state index in [0.29, 0.717) is 5.56 Å². The lowest BCUT2D eigenvalue weighted by Crippen LogP contribution is -2.17. The molecule has 1 N–H and O–H groups in total. The first-order valence-corrected chi connectivity index (χ1v) is 7.27. The summed E-state index contributed by atoms with van der Waals surface area (Å²) in [6.07, 6.45) is 5.44. The van der Waals surface area contributed by atoms with Gasteiger partial charge in [-0.25, -0.2) is 5.43 Å². The van der Waals surface area contributed by atoms with Crippen LogP contribution >= 0.6 is 0 Å². The van der Waals surface area contributed by atoms with Crippen LogP contribution in [0.5, 0.6) is 0 Å². The van der Waals surface area contributed by atoms with E-state index in [4.69, 9.17) is 4.42 Å². The standard InChI is InChI=1S/C18H17N3O2/c1-13-10-16(14(2)23-13)12-19-20-18(22)15-6-5-7-17(11-15)21-8-3-4-9-21/h3-12H,1-2H3,(H,20,22)/b19-12-. The molecular formula is C18H17N3O2. The van der Waals surface area contributed by atoms with E-state index in [0.717, 1.165) is 22.8 Å². The molecule has 0 atom stereocenters. The molecule has 0 saturated heterocycles. The Labute approximate surface area is 134 Å². The minimum absolute atomic E-state index is 0.256. The third-order valence-electron chi connectivity index (χ3n) is 3.46. The number of aromatic nitrogens is 1. The van der Waals surface area contributed by atoms with Crippen LogP contribution in [0.4, 0.5) is 0 Å². The summed E-state index contributed by atoms with van der Waals surface area (Å²) >= 11 is 0. The van der Waals surface area contributed by atoms with Crippen LogP contribution in [0.15, 0.2) is 64.4 Å². The van der Waals surface area contributed by atoms with Crippen molar-refractivity contribution in [2.75, 3.05) is 0 Å². The number of aryl methyl sites for hydroxylation is 2. The third-order valence-corrected chi connectivity index (χ3v) is 3.46. The number of carbonyl (C=O) groups is 1. The van der Waals surface area contributed by atoms with E-state index in [1.165, 1.54) is 0 Å². The quantitative estimate of drug-likeness (QED) is 0.593. The molecule has 0 bridgehead atoms. The van der Waals surface area contributed by atoms with Crippen LogP contribution in [-0.2, 0) is 0 Å². The van der Waals surface area contributed by atoms with Crippen molar-refractivity contribution in [3.8, 4) is 5.69 Å². The van der Waals surface area contributed by atoms with E-state index in [-0.39, 0.29) is 5.91 Å². The molecule has 0 aliphatic carbocycles. The minimum atomic E-state index is -0.256. The first-order chi connectivity index (χ1) is 11.1. The van der Waals surface area contributed by atoms with Crippen LogP contribution < -0.4 is 5.43 Å². The van der Waals surface area contributed by atoms with Gasteiger partial charge in [0.15, 0.2) is 0 Å². The molecule has 0 aliphatic rings. The molecule has 2 heterocycles. The highest BCUT2D eigenvalue weighted by atomic mass is 16.3. The number of amides is 1. The molecule has 0 radical (unpaired) electrons. The van der Waals surface area contributed by atoms with E-state index in [2.05, 4.69) is 10.5 Å². The van der Waals surface area contributed by atoms with Crippen molar-refractivity contribution in [2.24, 2.45) is 5.10 Å². The second-order valence-electron chi connectivity index (χ2n) is 5.21. The van der Waals surface area contributed by atoms with Gasteiger partial charge >= 0.3 is 0 Å². The van der Waals surface area contributed by atoms with Crippen molar-refractivity contribution in [2.45, 2.75) is 13.8 Å². The molecule has 5 heteroatoms. The first-order valence-electron chi connectivity index (χ1n) is 7.27. The monoisotopic (exact) mass is 307 g/mol. The smallest absolute Gasteiger partial charge is 0.271 e. The molecule has 0 unspecified atom stereocenters. The fourth-order valence-corrected chi connectivity index (χ4v) is 2.32. The molecule has 23 heavy (non-hydrogen) atoms. The van der Waals surface area contributed by atoms with Gasteiger partial charge in [0, 0.05) is 29.2 Å². The molecule has 1 amide bonds. The number of carbonyl (C=O) groups excluding carboxylic acids is 1. The Kier molecular flexibility index (Phi) is 4.10. The Bertz CT molecular complexity index is 845. The van der Waals surface area contributed by atoms with Gasteiger partial charge in [0.05, 0.1) is 6.21 Å². The summed E-state index contributed by atoms with van der Waals surface area (Å²) in [5.74, 6) is 1.33. The number of rotatable bonds is 4. The highest BCUT2D eigenvalue weighted by Crippen LogP contribution is 2.12. The van der Waals surface area contributed by atoms with Crippen LogP contribution in [0.25, 0.3) is 5.69 Å². The lowest BCUT2D eigenvalue weighted by atomic mass is 10.2. The van der Waals surface area contributed by atoms with Gasteiger partial charge in [-0.1, -0.05) is 6.07 Å². The van der Waals surface area contributed by atoms with Gasteiger partial charge in [-0.15, -0.1) is 0 Å². The predicted molar refractivity (Wildman–Crippen MR) is 89.0 cm³/mol. The molecule has 1 aromatic carbocycles. The summed E-state index contributed by atoms with van der Waals surface area (Å²) in [5, 5.41) is 3.99. The maximum atomic E-state index is 12.2. The van der Waals surface area contributed by atoms with E-state index >= 15 is 0 Å². The molecule has 3 aromatic rings. The fraction of sp³-hybridized carbons (Fsp3) is 0.111. The second kappa shape index (κ2) is 6.36. The molecule has 0 saturated carbocycles. The SMILES string of the molecule is Cc1cc(/C=N\NC(=O)c2cccc(-n3cccc3)c2)c(C)o1. The van der Waals surface area contributed by atoms with Crippen LogP contribution in [0.2, 0.25) is 0 Å². The van der Waals surface area contributed by atoms with Crippen molar-refractivity contribution in [3.63, 3.8) is 0 Å². The van der Waals surface area contributed by atoms with E-state index in [1.807, 2.05) is 67.2 Å². The summed E-state index contributed by atoms with van der Waals surface area (Å²) in [6.45, 7) is 3.73. The van der Waals surface area contributed by atoms with Gasteiger partial charge in [-0.05, 0) is 50.2 Å². The Morgan fingerprint density at radius 3 is 2.65 bits per heavy atom. The van der Waals surface area contributed by atoms with Crippen molar-refractivity contribution in [1.29, 1.82) is 0 Å². The van der Waals surface area contributed by atoms with Crippen LogP contribution in [0, 0.1) is 13.8 Å². The molecule has 0 fully saturated rings. The number of furan rings is 1. The zero-order valence-corrected chi connectivity index (χ0v) is 13.0. The second-order valence-corrected chi connectivity index (χ2v) is 5.21. The largest absolute Gasteiger partial charge is 0.466 e. The van der Waals surface area contributed by atoms with Gasteiger partial charge < -0.3 is 8.98 Å². The van der Waals surface area contributed by atoms with Crippen LogP contribution in [0.3, 0.4) is 0 Å².